The van der Waals surface area contributed by atoms with Gasteiger partial charge in [0, 0.05) is 25.0 Å². The molecular weight excluding hydrogens is 430 g/mol. The van der Waals surface area contributed by atoms with Crippen molar-refractivity contribution in [1.29, 1.82) is 0 Å². The van der Waals surface area contributed by atoms with Crippen LogP contribution in [-0.2, 0) is 14.3 Å². The first-order valence-corrected chi connectivity index (χ1v) is 13.3. The normalized spacial score (nSPS) is 32.5. The summed E-state index contributed by atoms with van der Waals surface area (Å²) >= 11 is 0. The van der Waals surface area contributed by atoms with Gasteiger partial charge in [-0.3, -0.25) is 14.5 Å². The molecule has 7 nitrogen and oxygen atoms in total. The zero-order valence-corrected chi connectivity index (χ0v) is 21.0. The van der Waals surface area contributed by atoms with E-state index in [1.807, 2.05) is 32.9 Å². The minimum Gasteiger partial charge on any atom is -0.465 e. The highest BCUT2D eigenvalue weighted by Crippen LogP contribution is 2.60. The first-order valence-electron chi connectivity index (χ1n) is 13.3. The van der Waals surface area contributed by atoms with Gasteiger partial charge in [-0.15, -0.1) is 0 Å². The Morgan fingerprint density at radius 2 is 1.68 bits per heavy atom. The summed E-state index contributed by atoms with van der Waals surface area (Å²) in [7, 11) is 0. The van der Waals surface area contributed by atoms with E-state index >= 15 is 0 Å². The van der Waals surface area contributed by atoms with Crippen molar-refractivity contribution in [2.45, 2.75) is 71.4 Å². The first-order chi connectivity index (χ1) is 16.3. The Bertz CT molecular complexity index is 853. The van der Waals surface area contributed by atoms with Gasteiger partial charge >= 0.3 is 0 Å². The fourth-order valence-corrected chi connectivity index (χ4v) is 7.46. The zero-order chi connectivity index (χ0) is 23.9. The number of nitrogens with one attached hydrogen (secondary N) is 2. The summed E-state index contributed by atoms with van der Waals surface area (Å²) in [5, 5.41) is 6.36. The number of hydrogen-bond donors (Lipinski definition) is 2. The minimum absolute atomic E-state index is 0.0190. The van der Waals surface area contributed by atoms with E-state index in [1.54, 1.807) is 0 Å². The van der Waals surface area contributed by atoms with Gasteiger partial charge in [0.25, 0.3) is 0 Å². The van der Waals surface area contributed by atoms with Gasteiger partial charge in [-0.2, -0.15) is 0 Å². The standard InChI is InChI=1S/C27H41N3O4/c1-17(2)24(29-26(32)27-13-19-10-20(14-27)12-21(11-19)15-27)25(31)28-16-22(23-5-4-18(3)34-23)30-6-8-33-9-7-30/h4-5,17,19-22,24H,6-16H2,1-3H3,(H,28,31)(H,29,32). The van der Waals surface area contributed by atoms with E-state index in [4.69, 9.17) is 9.15 Å². The Morgan fingerprint density at radius 1 is 1.06 bits per heavy atom. The highest BCUT2D eigenvalue weighted by Gasteiger charge is 2.55. The maximum Gasteiger partial charge on any atom is 0.242 e. The molecule has 4 bridgehead atoms. The first kappa shape index (κ1) is 23.9. The van der Waals surface area contributed by atoms with Crippen LogP contribution in [-0.4, -0.2) is 55.6 Å². The Hall–Kier alpha value is -1.86. The van der Waals surface area contributed by atoms with Gasteiger partial charge in [0.05, 0.1) is 19.3 Å². The van der Waals surface area contributed by atoms with Gasteiger partial charge in [0.2, 0.25) is 11.8 Å². The monoisotopic (exact) mass is 471 g/mol. The molecule has 1 aromatic rings. The highest BCUT2D eigenvalue weighted by molar-refractivity contribution is 5.90. The molecule has 2 N–H and O–H groups in total. The molecule has 34 heavy (non-hydrogen) atoms. The van der Waals surface area contributed by atoms with Crippen LogP contribution in [0.25, 0.3) is 0 Å². The molecule has 2 atom stereocenters. The maximum atomic E-state index is 13.6. The van der Waals surface area contributed by atoms with Crippen molar-refractivity contribution in [2.75, 3.05) is 32.8 Å². The second-order valence-corrected chi connectivity index (χ2v) is 11.8. The third kappa shape index (κ3) is 4.78. The van der Waals surface area contributed by atoms with Crippen molar-refractivity contribution in [3.63, 3.8) is 0 Å². The van der Waals surface area contributed by atoms with Crippen LogP contribution in [0.1, 0.15) is 69.9 Å². The van der Waals surface area contributed by atoms with Gasteiger partial charge in [0.1, 0.15) is 17.6 Å². The van der Waals surface area contributed by atoms with Crippen molar-refractivity contribution < 1.29 is 18.7 Å². The van der Waals surface area contributed by atoms with Crippen molar-refractivity contribution in [1.82, 2.24) is 15.5 Å². The maximum absolute atomic E-state index is 13.6. The Kier molecular flexibility index (Phi) is 6.77. The molecular formula is C27H41N3O4. The summed E-state index contributed by atoms with van der Waals surface area (Å²) in [5.74, 6) is 3.87. The fraction of sp³-hybridized carbons (Fsp3) is 0.778. The lowest BCUT2D eigenvalue weighted by molar-refractivity contribution is -0.149. The largest absolute Gasteiger partial charge is 0.465 e. The summed E-state index contributed by atoms with van der Waals surface area (Å²) in [4.78, 5) is 29.3. The molecule has 4 aliphatic carbocycles. The molecule has 0 radical (unpaired) electrons. The van der Waals surface area contributed by atoms with E-state index in [0.29, 0.717) is 37.5 Å². The Labute approximate surface area is 203 Å². The van der Waals surface area contributed by atoms with E-state index < -0.39 is 6.04 Å². The number of furan rings is 1. The summed E-state index contributed by atoms with van der Waals surface area (Å²) < 4.78 is 11.5. The second-order valence-electron chi connectivity index (χ2n) is 11.8. The topological polar surface area (TPSA) is 83.8 Å². The van der Waals surface area contributed by atoms with Crippen molar-refractivity contribution in [3.05, 3.63) is 23.7 Å². The number of rotatable bonds is 8. The van der Waals surface area contributed by atoms with E-state index in [-0.39, 0.29) is 29.2 Å². The third-order valence-corrected chi connectivity index (χ3v) is 8.80. The van der Waals surface area contributed by atoms with Crippen LogP contribution >= 0.6 is 0 Å². The number of aryl methyl sites for hydroxylation is 1. The van der Waals surface area contributed by atoms with Crippen LogP contribution in [0.4, 0.5) is 0 Å². The van der Waals surface area contributed by atoms with Crippen molar-refractivity contribution in [2.24, 2.45) is 29.1 Å². The third-order valence-electron chi connectivity index (χ3n) is 8.80. The number of nitrogens with zero attached hydrogens (tertiary/aromatic N) is 1. The van der Waals surface area contributed by atoms with E-state index in [2.05, 4.69) is 15.5 Å². The van der Waals surface area contributed by atoms with Crippen LogP contribution in [0.2, 0.25) is 0 Å². The number of hydrogen-bond acceptors (Lipinski definition) is 5. The molecule has 0 aromatic carbocycles. The average Bonchev–Trinajstić information content (AvgIpc) is 3.22. The lowest BCUT2D eigenvalue weighted by atomic mass is 9.49. The molecule has 1 aromatic heterocycles. The molecule has 4 saturated carbocycles. The molecule has 2 heterocycles. The molecule has 188 valence electrons. The smallest absolute Gasteiger partial charge is 0.242 e. The van der Waals surface area contributed by atoms with E-state index in [0.717, 1.165) is 43.9 Å². The summed E-state index contributed by atoms with van der Waals surface area (Å²) in [6.45, 7) is 9.38. The number of morpholine rings is 1. The van der Waals surface area contributed by atoms with Crippen LogP contribution in [0.5, 0.6) is 0 Å². The minimum atomic E-state index is -0.524. The van der Waals surface area contributed by atoms with E-state index in [9.17, 15) is 9.59 Å². The molecule has 7 heteroatoms. The average molecular weight is 472 g/mol. The quantitative estimate of drug-likeness (QED) is 0.607. The summed E-state index contributed by atoms with van der Waals surface area (Å²) in [5.41, 5.74) is -0.246. The van der Waals surface area contributed by atoms with Crippen LogP contribution in [0.15, 0.2) is 16.5 Å². The predicted molar refractivity (Wildman–Crippen MR) is 129 cm³/mol. The molecule has 0 spiro atoms. The lowest BCUT2D eigenvalue weighted by Gasteiger charge is -2.55. The highest BCUT2D eigenvalue weighted by atomic mass is 16.5. The second kappa shape index (κ2) is 9.65. The number of amides is 2. The number of ether oxygens (including phenoxy) is 1. The SMILES string of the molecule is Cc1ccc(C(CNC(=O)C(NC(=O)C23CC4CC(CC(C4)C2)C3)C(C)C)N2CCOCC2)o1. The molecule has 5 aliphatic rings. The van der Waals surface area contributed by atoms with E-state index in [1.165, 1.54) is 19.3 Å². The van der Waals surface area contributed by atoms with Crippen molar-refractivity contribution >= 4 is 11.8 Å². The van der Waals surface area contributed by atoms with Gasteiger partial charge in [-0.25, -0.2) is 0 Å². The summed E-state index contributed by atoms with van der Waals surface area (Å²) in [6.07, 6.45) is 6.93. The molecule has 1 saturated heterocycles. The summed E-state index contributed by atoms with van der Waals surface area (Å²) in [6, 6.07) is 3.39. The zero-order valence-electron chi connectivity index (χ0n) is 21.0. The van der Waals surface area contributed by atoms with Crippen LogP contribution in [0, 0.1) is 36.0 Å². The van der Waals surface area contributed by atoms with Gasteiger partial charge in [-0.05, 0) is 81.3 Å². The fourth-order valence-electron chi connectivity index (χ4n) is 7.46. The number of carbonyl (C=O) groups is 2. The van der Waals surface area contributed by atoms with Gasteiger partial charge in [-0.1, -0.05) is 13.8 Å². The lowest BCUT2D eigenvalue weighted by Crippen LogP contribution is -2.58. The van der Waals surface area contributed by atoms with Crippen molar-refractivity contribution in [3.8, 4) is 0 Å². The van der Waals surface area contributed by atoms with Gasteiger partial charge < -0.3 is 19.8 Å². The Balaban J connectivity index is 1.24. The van der Waals surface area contributed by atoms with Crippen LogP contribution in [0.3, 0.4) is 0 Å². The van der Waals surface area contributed by atoms with Gasteiger partial charge in [0.15, 0.2) is 0 Å². The molecule has 6 rings (SSSR count). The predicted octanol–water partition coefficient (Wildman–Crippen LogP) is 3.43. The van der Waals surface area contributed by atoms with Crippen LogP contribution < -0.4 is 10.6 Å². The molecule has 2 unspecified atom stereocenters. The molecule has 1 aliphatic heterocycles. The number of carbonyl (C=O) groups excluding carboxylic acids is 2. The molecule has 5 fully saturated rings. The Morgan fingerprint density at radius 3 is 2.21 bits per heavy atom. The molecule has 2 amide bonds.